The van der Waals surface area contributed by atoms with E-state index in [4.69, 9.17) is 4.43 Å². The van der Waals surface area contributed by atoms with Crippen molar-refractivity contribution < 1.29 is 30.8 Å². The lowest BCUT2D eigenvalue weighted by atomic mass is 10.1. The van der Waals surface area contributed by atoms with E-state index in [1.54, 1.807) is 20.0 Å². The highest BCUT2D eigenvalue weighted by Crippen LogP contribution is 2.36. The van der Waals surface area contributed by atoms with Gasteiger partial charge in [-0.1, -0.05) is 0 Å². The largest absolute Gasteiger partial charge is 0.417 e. The van der Waals surface area contributed by atoms with Crippen LogP contribution in [0.15, 0.2) is 18.2 Å². The molecule has 1 aromatic rings. The van der Waals surface area contributed by atoms with Gasteiger partial charge in [0.05, 0.1) is 11.1 Å². The van der Waals surface area contributed by atoms with Gasteiger partial charge in [0, 0.05) is 6.61 Å². The summed E-state index contributed by atoms with van der Waals surface area (Å²) in [6.07, 6.45) is -9.62. The molecule has 0 atom stereocenters. The first-order valence-electron chi connectivity index (χ1n) is 6.27. The van der Waals surface area contributed by atoms with Crippen LogP contribution in [0.5, 0.6) is 0 Å². The highest BCUT2D eigenvalue weighted by molar-refractivity contribution is 6.70. The molecule has 1 aromatic carbocycles. The fourth-order valence-corrected chi connectivity index (χ4v) is 4.13. The molecule has 0 heterocycles. The van der Waals surface area contributed by atoms with E-state index in [-0.39, 0.29) is 17.7 Å². The number of halogens is 6. The molecule has 0 aliphatic rings. The second kappa shape index (κ2) is 6.00. The molecule has 0 spiro atoms. The van der Waals surface area contributed by atoms with Crippen molar-refractivity contribution in [2.75, 3.05) is 6.61 Å². The normalized spacial score (nSPS) is 13.6. The summed E-state index contributed by atoms with van der Waals surface area (Å²) in [7, 11) is -2.34. The highest BCUT2D eigenvalue weighted by atomic mass is 28.4. The van der Waals surface area contributed by atoms with Gasteiger partial charge in [-0.3, -0.25) is 0 Å². The van der Waals surface area contributed by atoms with E-state index in [2.05, 4.69) is 0 Å². The lowest BCUT2D eigenvalue weighted by molar-refractivity contribution is -0.143. The molecule has 0 aliphatic heterocycles. The SMILES string of the molecule is CCO[Si](C)(C)Cc1cc(C(F)(F)F)cc(C(F)(F)F)c1. The molecule has 0 unspecified atom stereocenters. The van der Waals surface area contributed by atoms with Crippen molar-refractivity contribution in [1.82, 2.24) is 0 Å². The van der Waals surface area contributed by atoms with Crippen LogP contribution in [0.1, 0.15) is 23.6 Å². The molecule has 0 fully saturated rings. The minimum Gasteiger partial charge on any atom is -0.417 e. The van der Waals surface area contributed by atoms with E-state index in [9.17, 15) is 26.3 Å². The van der Waals surface area contributed by atoms with E-state index in [0.717, 1.165) is 12.1 Å². The van der Waals surface area contributed by atoms with Crippen LogP contribution in [-0.2, 0) is 22.8 Å². The Morgan fingerprint density at radius 2 is 1.33 bits per heavy atom. The zero-order valence-corrected chi connectivity index (χ0v) is 12.8. The summed E-state index contributed by atoms with van der Waals surface area (Å²) in [5.41, 5.74) is -2.57. The number of alkyl halides is 6. The molecule has 21 heavy (non-hydrogen) atoms. The Kier molecular flexibility index (Phi) is 5.15. The standard InChI is InChI=1S/C13H16F6OSi/c1-4-20-21(2,3)8-9-5-10(12(14,15)16)7-11(6-9)13(17,18)19/h5-7H,4,8H2,1-3H3. The Bertz CT molecular complexity index is 460. The van der Waals surface area contributed by atoms with E-state index in [1.165, 1.54) is 0 Å². The second-order valence-electron chi connectivity index (χ2n) is 5.28. The third kappa shape index (κ3) is 5.35. The van der Waals surface area contributed by atoms with Gasteiger partial charge < -0.3 is 4.43 Å². The maximum absolute atomic E-state index is 12.7. The molecule has 0 amide bonds. The van der Waals surface area contributed by atoms with Crippen LogP contribution in [0.25, 0.3) is 0 Å². The zero-order valence-electron chi connectivity index (χ0n) is 11.8. The first-order chi connectivity index (χ1) is 9.35. The molecular formula is C13H16F6OSi. The number of benzene rings is 1. The predicted molar refractivity (Wildman–Crippen MR) is 69.3 cm³/mol. The van der Waals surface area contributed by atoms with Crippen molar-refractivity contribution >= 4 is 8.32 Å². The van der Waals surface area contributed by atoms with Gasteiger partial charge in [-0.15, -0.1) is 0 Å². The second-order valence-corrected chi connectivity index (χ2v) is 9.45. The molecular weight excluding hydrogens is 314 g/mol. The van der Waals surface area contributed by atoms with E-state index >= 15 is 0 Å². The third-order valence-electron chi connectivity index (χ3n) is 2.81. The van der Waals surface area contributed by atoms with E-state index < -0.39 is 31.8 Å². The molecule has 0 saturated heterocycles. The molecule has 0 radical (unpaired) electrons. The van der Waals surface area contributed by atoms with Crippen LogP contribution >= 0.6 is 0 Å². The highest BCUT2D eigenvalue weighted by Gasteiger charge is 2.37. The summed E-state index contributed by atoms with van der Waals surface area (Å²) in [6.45, 7) is 5.63. The lowest BCUT2D eigenvalue weighted by Crippen LogP contribution is -2.34. The van der Waals surface area contributed by atoms with Gasteiger partial charge in [0.1, 0.15) is 0 Å². The Morgan fingerprint density at radius 1 is 0.905 bits per heavy atom. The fraction of sp³-hybridized carbons (Fsp3) is 0.538. The number of hydrogen-bond acceptors (Lipinski definition) is 1. The average molecular weight is 330 g/mol. The van der Waals surface area contributed by atoms with Gasteiger partial charge in [0.15, 0.2) is 8.32 Å². The maximum Gasteiger partial charge on any atom is 0.416 e. The third-order valence-corrected chi connectivity index (χ3v) is 5.14. The molecule has 0 aromatic heterocycles. The van der Waals surface area contributed by atoms with Gasteiger partial charge in [0.2, 0.25) is 0 Å². The van der Waals surface area contributed by atoms with Crippen LogP contribution in [0.2, 0.25) is 13.1 Å². The molecule has 0 saturated carbocycles. The first kappa shape index (κ1) is 18.0. The number of rotatable bonds is 4. The minimum absolute atomic E-state index is 0.00210. The lowest BCUT2D eigenvalue weighted by Gasteiger charge is -2.23. The van der Waals surface area contributed by atoms with Crippen molar-refractivity contribution in [3.8, 4) is 0 Å². The Hall–Kier alpha value is -1.02. The topological polar surface area (TPSA) is 9.23 Å². The Labute approximate surface area is 120 Å². The number of hydrogen-bond donors (Lipinski definition) is 0. The van der Waals surface area contributed by atoms with E-state index in [0.29, 0.717) is 6.61 Å². The summed E-state index contributed by atoms with van der Waals surface area (Å²) in [6, 6.07) is 1.76. The molecule has 1 nitrogen and oxygen atoms in total. The quantitative estimate of drug-likeness (QED) is 0.555. The molecule has 0 N–H and O–H groups in total. The molecule has 120 valence electrons. The Morgan fingerprint density at radius 3 is 1.67 bits per heavy atom. The summed E-state index contributed by atoms with van der Waals surface area (Å²) >= 11 is 0. The molecule has 1 rings (SSSR count). The van der Waals surface area contributed by atoms with Crippen LogP contribution in [-0.4, -0.2) is 14.9 Å². The maximum atomic E-state index is 12.7. The zero-order chi connectivity index (χ0) is 16.5. The van der Waals surface area contributed by atoms with Gasteiger partial charge in [-0.25, -0.2) is 0 Å². The van der Waals surface area contributed by atoms with Crippen molar-refractivity contribution in [3.05, 3.63) is 34.9 Å². The monoisotopic (exact) mass is 330 g/mol. The summed E-state index contributed by atoms with van der Waals surface area (Å²) < 4.78 is 81.8. The summed E-state index contributed by atoms with van der Waals surface area (Å²) in [5.74, 6) is 0. The predicted octanol–water partition coefficient (Wildman–Crippen LogP) is 5.05. The molecule has 8 heteroatoms. The van der Waals surface area contributed by atoms with Gasteiger partial charge in [-0.05, 0) is 49.8 Å². The van der Waals surface area contributed by atoms with Crippen molar-refractivity contribution in [1.29, 1.82) is 0 Å². The summed E-state index contributed by atoms with van der Waals surface area (Å²) in [5, 5.41) is 0. The fourth-order valence-electron chi connectivity index (χ4n) is 2.05. The van der Waals surface area contributed by atoms with Crippen molar-refractivity contribution in [2.24, 2.45) is 0 Å². The van der Waals surface area contributed by atoms with Crippen LogP contribution in [0.4, 0.5) is 26.3 Å². The van der Waals surface area contributed by atoms with Crippen molar-refractivity contribution in [3.63, 3.8) is 0 Å². The van der Waals surface area contributed by atoms with Crippen molar-refractivity contribution in [2.45, 2.75) is 38.4 Å². The van der Waals surface area contributed by atoms with E-state index in [1.807, 2.05) is 0 Å². The van der Waals surface area contributed by atoms with Crippen LogP contribution < -0.4 is 0 Å². The summed E-state index contributed by atoms with van der Waals surface area (Å²) in [4.78, 5) is 0. The van der Waals surface area contributed by atoms with Gasteiger partial charge in [-0.2, -0.15) is 26.3 Å². The Balaban J connectivity index is 3.26. The van der Waals surface area contributed by atoms with Crippen LogP contribution in [0.3, 0.4) is 0 Å². The minimum atomic E-state index is -4.81. The molecule has 0 aliphatic carbocycles. The average Bonchev–Trinajstić information content (AvgIpc) is 2.25. The smallest absolute Gasteiger partial charge is 0.416 e. The molecule has 0 bridgehead atoms. The van der Waals surface area contributed by atoms with Gasteiger partial charge >= 0.3 is 12.4 Å². The first-order valence-corrected chi connectivity index (χ1v) is 9.39. The van der Waals surface area contributed by atoms with Crippen LogP contribution in [0, 0.1) is 0 Å². The van der Waals surface area contributed by atoms with Gasteiger partial charge in [0.25, 0.3) is 0 Å².